The highest BCUT2D eigenvalue weighted by Gasteiger charge is 2.18. The fourth-order valence-electron chi connectivity index (χ4n) is 2.63. The first-order valence-corrected chi connectivity index (χ1v) is 7.56. The third kappa shape index (κ3) is 3.07. The van der Waals surface area contributed by atoms with Crippen molar-refractivity contribution in [1.29, 1.82) is 0 Å². The van der Waals surface area contributed by atoms with Crippen LogP contribution in [-0.4, -0.2) is 28.9 Å². The smallest absolute Gasteiger partial charge is 0.227 e. The van der Waals surface area contributed by atoms with Crippen LogP contribution in [0.3, 0.4) is 0 Å². The number of carbonyl (C=O) groups excluding carboxylic acids is 1. The Morgan fingerprint density at radius 1 is 1.29 bits per heavy atom. The Balaban J connectivity index is 2.36. The average molecular weight is 284 g/mol. The van der Waals surface area contributed by atoms with Gasteiger partial charge in [0.05, 0.1) is 11.9 Å². The molecular weight excluding hydrogens is 260 g/mol. The number of hydrogen-bond donors (Lipinski definition) is 0. The third-order valence-electron chi connectivity index (χ3n) is 4.46. The summed E-state index contributed by atoms with van der Waals surface area (Å²) in [4.78, 5) is 18.9. The molecule has 2 rings (SSSR count). The van der Waals surface area contributed by atoms with Crippen molar-refractivity contribution in [2.24, 2.45) is 0 Å². The van der Waals surface area contributed by atoms with Gasteiger partial charge in [-0.05, 0) is 44.4 Å². The van der Waals surface area contributed by atoms with E-state index in [0.29, 0.717) is 6.42 Å². The van der Waals surface area contributed by atoms with E-state index >= 15 is 0 Å². The van der Waals surface area contributed by atoms with Gasteiger partial charge in [0.15, 0.2) is 0 Å². The Kier molecular flexibility index (Phi) is 4.61. The number of pyridine rings is 1. The molecule has 0 N–H and O–H groups in total. The second-order valence-corrected chi connectivity index (χ2v) is 5.76. The van der Waals surface area contributed by atoms with E-state index < -0.39 is 0 Å². The molecule has 0 fully saturated rings. The molecule has 0 saturated heterocycles. The molecule has 112 valence electrons. The van der Waals surface area contributed by atoms with Crippen LogP contribution in [0.2, 0.25) is 0 Å². The molecule has 1 aromatic heterocycles. The largest absolute Gasteiger partial charge is 0.343 e. The van der Waals surface area contributed by atoms with Gasteiger partial charge in [-0.25, -0.2) is 0 Å². The Bertz CT molecular complexity index is 664. The summed E-state index contributed by atoms with van der Waals surface area (Å²) in [7, 11) is 1.88. The topological polar surface area (TPSA) is 33.2 Å². The molecule has 3 nitrogen and oxygen atoms in total. The zero-order valence-corrected chi connectivity index (χ0v) is 13.6. The lowest BCUT2D eigenvalue weighted by Gasteiger charge is -2.24. The van der Waals surface area contributed by atoms with Gasteiger partial charge in [0.1, 0.15) is 0 Å². The molecule has 21 heavy (non-hydrogen) atoms. The van der Waals surface area contributed by atoms with E-state index in [1.54, 1.807) is 0 Å². The van der Waals surface area contributed by atoms with Crippen molar-refractivity contribution in [2.45, 2.75) is 46.6 Å². The molecule has 1 heterocycles. The van der Waals surface area contributed by atoms with Crippen LogP contribution >= 0.6 is 0 Å². The highest BCUT2D eigenvalue weighted by Crippen LogP contribution is 2.23. The number of amides is 1. The van der Waals surface area contributed by atoms with Gasteiger partial charge in [-0.3, -0.25) is 9.78 Å². The predicted octanol–water partition coefficient (Wildman–Crippen LogP) is 3.65. The molecule has 0 bridgehead atoms. The van der Waals surface area contributed by atoms with E-state index in [9.17, 15) is 4.79 Å². The third-order valence-corrected chi connectivity index (χ3v) is 4.46. The second kappa shape index (κ2) is 6.25. The van der Waals surface area contributed by atoms with E-state index in [1.165, 1.54) is 5.56 Å². The second-order valence-electron chi connectivity index (χ2n) is 5.76. The van der Waals surface area contributed by atoms with Crippen molar-refractivity contribution < 1.29 is 4.79 Å². The van der Waals surface area contributed by atoms with Crippen molar-refractivity contribution in [2.75, 3.05) is 7.05 Å². The van der Waals surface area contributed by atoms with E-state index in [0.717, 1.165) is 28.6 Å². The SMILES string of the molecule is CCC(C)N(C)C(=O)Cc1c(C)nc2ccccc2c1C. The van der Waals surface area contributed by atoms with Crippen LogP contribution in [0.1, 0.15) is 37.1 Å². The first-order chi connectivity index (χ1) is 9.95. The van der Waals surface area contributed by atoms with Crippen molar-refractivity contribution >= 4 is 16.8 Å². The average Bonchev–Trinajstić information content (AvgIpc) is 2.49. The minimum atomic E-state index is 0.160. The van der Waals surface area contributed by atoms with Crippen LogP contribution in [0.15, 0.2) is 24.3 Å². The molecule has 2 aromatic rings. The Morgan fingerprint density at radius 3 is 2.62 bits per heavy atom. The van der Waals surface area contributed by atoms with Crippen molar-refractivity contribution in [3.63, 3.8) is 0 Å². The first-order valence-electron chi connectivity index (χ1n) is 7.56. The molecule has 0 aliphatic heterocycles. The quantitative estimate of drug-likeness (QED) is 0.858. The van der Waals surface area contributed by atoms with Crippen LogP contribution in [-0.2, 0) is 11.2 Å². The molecule has 1 amide bonds. The molecule has 0 aliphatic carbocycles. The summed E-state index contributed by atoms with van der Waals surface area (Å²) >= 11 is 0. The van der Waals surface area contributed by atoms with E-state index in [-0.39, 0.29) is 11.9 Å². The van der Waals surface area contributed by atoms with Gasteiger partial charge in [-0.1, -0.05) is 25.1 Å². The van der Waals surface area contributed by atoms with E-state index in [1.807, 2.05) is 37.1 Å². The van der Waals surface area contributed by atoms with Gasteiger partial charge in [-0.15, -0.1) is 0 Å². The van der Waals surface area contributed by atoms with Crippen LogP contribution in [0.4, 0.5) is 0 Å². The highest BCUT2D eigenvalue weighted by atomic mass is 16.2. The number of rotatable bonds is 4. The number of nitrogens with zero attached hydrogens (tertiary/aromatic N) is 2. The summed E-state index contributed by atoms with van der Waals surface area (Å²) in [6.45, 7) is 8.26. The maximum Gasteiger partial charge on any atom is 0.227 e. The molecule has 1 unspecified atom stereocenters. The molecule has 0 saturated carbocycles. The summed E-state index contributed by atoms with van der Waals surface area (Å²) < 4.78 is 0. The molecule has 1 atom stereocenters. The van der Waals surface area contributed by atoms with Crippen molar-refractivity contribution in [3.05, 3.63) is 41.1 Å². The molecule has 0 spiro atoms. The summed E-state index contributed by atoms with van der Waals surface area (Å²) in [6, 6.07) is 8.38. The number of aryl methyl sites for hydroxylation is 2. The van der Waals surface area contributed by atoms with Gasteiger partial charge in [0, 0.05) is 24.2 Å². The van der Waals surface area contributed by atoms with Crippen LogP contribution < -0.4 is 0 Å². The minimum absolute atomic E-state index is 0.160. The van der Waals surface area contributed by atoms with Crippen molar-refractivity contribution in [3.8, 4) is 0 Å². The Hall–Kier alpha value is -1.90. The first kappa shape index (κ1) is 15.5. The number of carbonyl (C=O) groups is 1. The number of likely N-dealkylation sites (N-methyl/N-ethyl adjacent to an activating group) is 1. The molecular formula is C18H24N2O. The van der Waals surface area contributed by atoms with Crippen LogP contribution in [0.25, 0.3) is 10.9 Å². The molecule has 0 aliphatic rings. The van der Waals surface area contributed by atoms with Gasteiger partial charge in [-0.2, -0.15) is 0 Å². The van der Waals surface area contributed by atoms with E-state index in [2.05, 4.69) is 31.8 Å². The highest BCUT2D eigenvalue weighted by molar-refractivity contribution is 5.86. The lowest BCUT2D eigenvalue weighted by atomic mass is 9.99. The van der Waals surface area contributed by atoms with E-state index in [4.69, 9.17) is 0 Å². The zero-order valence-electron chi connectivity index (χ0n) is 13.6. The summed E-state index contributed by atoms with van der Waals surface area (Å²) in [5.74, 6) is 0.160. The number of aromatic nitrogens is 1. The molecule has 0 radical (unpaired) electrons. The maximum atomic E-state index is 12.5. The predicted molar refractivity (Wildman–Crippen MR) is 87.4 cm³/mol. The summed E-state index contributed by atoms with van der Waals surface area (Å²) in [6.07, 6.45) is 1.40. The fourth-order valence-corrected chi connectivity index (χ4v) is 2.63. The monoisotopic (exact) mass is 284 g/mol. The maximum absolute atomic E-state index is 12.5. The Morgan fingerprint density at radius 2 is 1.95 bits per heavy atom. The lowest BCUT2D eigenvalue weighted by molar-refractivity contribution is -0.131. The summed E-state index contributed by atoms with van der Waals surface area (Å²) in [5, 5.41) is 1.14. The molecule has 3 heteroatoms. The van der Waals surface area contributed by atoms with Gasteiger partial charge >= 0.3 is 0 Å². The fraction of sp³-hybridized carbons (Fsp3) is 0.444. The lowest BCUT2D eigenvalue weighted by Crippen LogP contribution is -2.36. The normalized spacial score (nSPS) is 12.4. The van der Waals surface area contributed by atoms with Crippen LogP contribution in [0, 0.1) is 13.8 Å². The van der Waals surface area contributed by atoms with Gasteiger partial charge < -0.3 is 4.90 Å². The molecule has 1 aromatic carbocycles. The number of hydrogen-bond acceptors (Lipinski definition) is 2. The van der Waals surface area contributed by atoms with Gasteiger partial charge in [0.25, 0.3) is 0 Å². The zero-order chi connectivity index (χ0) is 15.6. The number of benzene rings is 1. The standard InChI is InChI=1S/C18H24N2O/c1-6-12(2)20(5)18(21)11-16-13(3)15-9-7-8-10-17(15)19-14(16)4/h7-10,12H,6,11H2,1-5H3. The van der Waals surface area contributed by atoms with Crippen molar-refractivity contribution in [1.82, 2.24) is 9.88 Å². The van der Waals surface area contributed by atoms with Gasteiger partial charge in [0.2, 0.25) is 5.91 Å². The Labute approximate surface area is 127 Å². The summed E-state index contributed by atoms with van der Waals surface area (Å²) in [5.41, 5.74) is 4.19. The minimum Gasteiger partial charge on any atom is -0.343 e. The number of para-hydroxylation sites is 1. The number of fused-ring (bicyclic) bond motifs is 1. The van der Waals surface area contributed by atoms with Crippen LogP contribution in [0.5, 0.6) is 0 Å².